The summed E-state index contributed by atoms with van der Waals surface area (Å²) in [4.78, 5) is 6.87. The molecule has 1 aromatic carbocycles. The van der Waals surface area contributed by atoms with E-state index in [-0.39, 0.29) is 24.0 Å². The van der Waals surface area contributed by atoms with Crippen molar-refractivity contribution in [2.75, 3.05) is 33.3 Å². The number of benzene rings is 1. The Morgan fingerprint density at radius 2 is 2.16 bits per heavy atom. The molecule has 1 N–H and O–H groups in total. The average molecular weight is 561 g/mol. The monoisotopic (exact) mass is 560 g/mol. The van der Waals surface area contributed by atoms with E-state index in [1.165, 1.54) is 19.3 Å². The van der Waals surface area contributed by atoms with E-state index in [9.17, 15) is 0 Å². The van der Waals surface area contributed by atoms with Crippen LogP contribution in [0.2, 0.25) is 5.02 Å². The lowest BCUT2D eigenvalue weighted by Crippen LogP contribution is -2.41. The third-order valence-corrected chi connectivity index (χ3v) is 5.43. The molecule has 0 bridgehead atoms. The number of aryl methyl sites for hydroxylation is 2. The third-order valence-electron chi connectivity index (χ3n) is 5.19. The van der Waals surface area contributed by atoms with Gasteiger partial charge in [0.05, 0.1) is 6.54 Å². The average Bonchev–Trinajstić information content (AvgIpc) is 2.96. The largest absolute Gasteiger partial charge is 0.492 e. The van der Waals surface area contributed by atoms with Crippen LogP contribution in [0.25, 0.3) is 0 Å². The second kappa shape index (κ2) is 13.8. The van der Waals surface area contributed by atoms with Crippen molar-refractivity contribution in [3.63, 3.8) is 0 Å². The van der Waals surface area contributed by atoms with Crippen molar-refractivity contribution in [1.29, 1.82) is 0 Å². The van der Waals surface area contributed by atoms with E-state index in [4.69, 9.17) is 21.3 Å². The zero-order valence-corrected chi connectivity index (χ0v) is 21.6. The number of nitrogens with one attached hydrogen (secondary N) is 1. The molecule has 1 aromatic heterocycles. The smallest absolute Gasteiger partial charge is 0.193 e. The van der Waals surface area contributed by atoms with Crippen molar-refractivity contribution in [3.05, 3.63) is 40.9 Å². The summed E-state index contributed by atoms with van der Waals surface area (Å²) in [6, 6.07) is 7.47. The van der Waals surface area contributed by atoms with Crippen LogP contribution in [0.4, 0.5) is 0 Å². The van der Waals surface area contributed by atoms with Gasteiger partial charge in [-0.2, -0.15) is 0 Å². The SMILES string of the molecule is CCNC(=NCCCc1nnc2n1CCCCC2)N(C)CCOc1cccc(Cl)c1.I. The normalized spacial score (nSPS) is 13.7. The lowest BCUT2D eigenvalue weighted by Gasteiger charge is -2.22. The summed E-state index contributed by atoms with van der Waals surface area (Å²) in [5.74, 6) is 3.94. The Bertz CT molecular complexity index is 828. The number of ether oxygens (including phenoxy) is 1. The fourth-order valence-electron chi connectivity index (χ4n) is 3.59. The molecular formula is C22H34ClIN6O. The Kier molecular flexibility index (Phi) is 11.4. The molecule has 0 radical (unpaired) electrons. The number of halogens is 2. The molecule has 1 aliphatic heterocycles. The number of hydrogen-bond acceptors (Lipinski definition) is 4. The molecule has 0 unspecified atom stereocenters. The van der Waals surface area contributed by atoms with Crippen molar-refractivity contribution < 1.29 is 4.74 Å². The molecule has 2 heterocycles. The van der Waals surface area contributed by atoms with Gasteiger partial charge in [0, 0.05) is 44.5 Å². The minimum Gasteiger partial charge on any atom is -0.492 e. The molecule has 172 valence electrons. The van der Waals surface area contributed by atoms with Gasteiger partial charge in [-0.15, -0.1) is 34.2 Å². The predicted molar refractivity (Wildman–Crippen MR) is 137 cm³/mol. The first-order chi connectivity index (χ1) is 14.7. The van der Waals surface area contributed by atoms with Gasteiger partial charge in [-0.05, 0) is 44.4 Å². The number of fused-ring (bicyclic) bond motifs is 1. The fourth-order valence-corrected chi connectivity index (χ4v) is 3.77. The van der Waals surface area contributed by atoms with Crippen LogP contribution in [0, 0.1) is 0 Å². The van der Waals surface area contributed by atoms with Gasteiger partial charge < -0.3 is 19.5 Å². The van der Waals surface area contributed by atoms with Crippen LogP contribution in [-0.4, -0.2) is 58.9 Å². The summed E-state index contributed by atoms with van der Waals surface area (Å²) in [6.45, 7) is 6.01. The maximum Gasteiger partial charge on any atom is 0.193 e. The molecule has 0 spiro atoms. The van der Waals surface area contributed by atoms with Crippen LogP contribution in [0.3, 0.4) is 0 Å². The zero-order valence-electron chi connectivity index (χ0n) is 18.5. The summed E-state index contributed by atoms with van der Waals surface area (Å²) in [5, 5.41) is 12.8. The molecule has 0 saturated carbocycles. The molecule has 9 heteroatoms. The highest BCUT2D eigenvalue weighted by molar-refractivity contribution is 14.0. The summed E-state index contributed by atoms with van der Waals surface area (Å²) >= 11 is 6.00. The lowest BCUT2D eigenvalue weighted by atomic mass is 10.2. The molecule has 0 amide bonds. The van der Waals surface area contributed by atoms with Crippen LogP contribution in [0.1, 0.15) is 44.3 Å². The van der Waals surface area contributed by atoms with Crippen LogP contribution >= 0.6 is 35.6 Å². The number of nitrogens with zero attached hydrogens (tertiary/aromatic N) is 5. The molecule has 0 atom stereocenters. The van der Waals surface area contributed by atoms with Gasteiger partial charge in [-0.3, -0.25) is 4.99 Å². The van der Waals surface area contributed by atoms with Crippen LogP contribution < -0.4 is 10.1 Å². The molecular weight excluding hydrogens is 527 g/mol. The van der Waals surface area contributed by atoms with Gasteiger partial charge in [0.25, 0.3) is 0 Å². The molecule has 31 heavy (non-hydrogen) atoms. The van der Waals surface area contributed by atoms with E-state index in [0.29, 0.717) is 11.6 Å². The first-order valence-electron chi connectivity index (χ1n) is 11.0. The van der Waals surface area contributed by atoms with E-state index in [1.54, 1.807) is 0 Å². The Hall–Kier alpha value is -1.55. The number of guanidine groups is 1. The molecule has 1 aliphatic rings. The first kappa shape index (κ1) is 25.7. The number of hydrogen-bond donors (Lipinski definition) is 1. The van der Waals surface area contributed by atoms with Crippen LogP contribution in [0.5, 0.6) is 5.75 Å². The lowest BCUT2D eigenvalue weighted by molar-refractivity contribution is 0.281. The predicted octanol–water partition coefficient (Wildman–Crippen LogP) is 4.18. The molecule has 0 saturated heterocycles. The van der Waals surface area contributed by atoms with Gasteiger partial charge in [-0.25, -0.2) is 0 Å². The van der Waals surface area contributed by atoms with Crippen molar-refractivity contribution in [2.24, 2.45) is 4.99 Å². The van der Waals surface area contributed by atoms with Gasteiger partial charge >= 0.3 is 0 Å². The Morgan fingerprint density at radius 3 is 2.97 bits per heavy atom. The maximum atomic E-state index is 6.00. The minimum atomic E-state index is 0. The number of rotatable bonds is 9. The Morgan fingerprint density at radius 1 is 1.29 bits per heavy atom. The van der Waals surface area contributed by atoms with E-state index >= 15 is 0 Å². The van der Waals surface area contributed by atoms with Crippen molar-refractivity contribution in [1.82, 2.24) is 25.0 Å². The number of aliphatic imine (C=N–C) groups is 1. The first-order valence-corrected chi connectivity index (χ1v) is 11.3. The van der Waals surface area contributed by atoms with E-state index < -0.39 is 0 Å². The van der Waals surface area contributed by atoms with Crippen molar-refractivity contribution in [2.45, 2.75) is 52.0 Å². The number of likely N-dealkylation sites (N-methyl/N-ethyl adjacent to an activating group) is 1. The summed E-state index contributed by atoms with van der Waals surface area (Å²) in [7, 11) is 2.03. The second-order valence-electron chi connectivity index (χ2n) is 7.56. The third kappa shape index (κ3) is 8.14. The van der Waals surface area contributed by atoms with Gasteiger partial charge in [0.1, 0.15) is 24.0 Å². The molecule has 3 rings (SSSR count). The summed E-state index contributed by atoms with van der Waals surface area (Å²) in [6.07, 6.45) is 6.66. The van der Waals surface area contributed by atoms with E-state index in [0.717, 1.165) is 68.8 Å². The van der Waals surface area contributed by atoms with Gasteiger partial charge in [-0.1, -0.05) is 24.1 Å². The second-order valence-corrected chi connectivity index (χ2v) is 8.00. The Balaban J connectivity index is 0.00000341. The number of aromatic nitrogens is 3. The Labute approximate surface area is 207 Å². The molecule has 0 aliphatic carbocycles. The standard InChI is InChI=1S/C22H33ClN6O.HI/c1-3-24-22(28(2)15-16-30-19-10-7-9-18(23)17-19)25-13-8-12-21-27-26-20-11-5-4-6-14-29(20)21;/h7,9-10,17H,3-6,8,11-16H2,1-2H3,(H,24,25);1H. The van der Waals surface area contributed by atoms with Crippen molar-refractivity contribution >= 4 is 41.5 Å². The molecule has 7 nitrogen and oxygen atoms in total. The van der Waals surface area contributed by atoms with Crippen LogP contribution in [-0.2, 0) is 19.4 Å². The fraction of sp³-hybridized carbons (Fsp3) is 0.591. The highest BCUT2D eigenvalue weighted by Crippen LogP contribution is 2.17. The topological polar surface area (TPSA) is 67.6 Å². The maximum absolute atomic E-state index is 6.00. The summed E-state index contributed by atoms with van der Waals surface area (Å²) in [5.41, 5.74) is 0. The zero-order chi connectivity index (χ0) is 21.2. The molecule has 2 aromatic rings. The minimum absolute atomic E-state index is 0. The quantitative estimate of drug-likeness (QED) is 0.216. The van der Waals surface area contributed by atoms with E-state index in [1.807, 2.05) is 31.3 Å². The molecule has 0 fully saturated rings. The van der Waals surface area contributed by atoms with Gasteiger partial charge in [0.2, 0.25) is 0 Å². The van der Waals surface area contributed by atoms with Gasteiger partial charge in [0.15, 0.2) is 5.96 Å². The summed E-state index contributed by atoms with van der Waals surface area (Å²) < 4.78 is 8.12. The van der Waals surface area contributed by atoms with Crippen LogP contribution in [0.15, 0.2) is 29.3 Å². The van der Waals surface area contributed by atoms with Crippen molar-refractivity contribution in [3.8, 4) is 5.75 Å². The highest BCUT2D eigenvalue weighted by atomic mass is 127. The highest BCUT2D eigenvalue weighted by Gasteiger charge is 2.14. The van der Waals surface area contributed by atoms with E-state index in [2.05, 4.69) is 31.9 Å².